The first-order valence-corrected chi connectivity index (χ1v) is 16.4. The molecular weight excluding hydrogens is 651 g/mol. The molecule has 1 saturated heterocycles. The molecule has 0 N–H and O–H groups in total. The van der Waals surface area contributed by atoms with Crippen LogP contribution in [0, 0.1) is 0 Å². The molecule has 0 bridgehead atoms. The number of hydrogen-bond donors (Lipinski definition) is 0. The zero-order valence-electron chi connectivity index (χ0n) is 26.4. The number of rotatable bonds is 5. The van der Waals surface area contributed by atoms with Gasteiger partial charge in [0.05, 0.1) is 10.5 Å². The van der Waals surface area contributed by atoms with Crippen LogP contribution in [0.1, 0.15) is 50.5 Å². The van der Waals surface area contributed by atoms with Crippen molar-refractivity contribution in [3.8, 4) is 5.75 Å². The number of halogens is 3. The monoisotopic (exact) mass is 689 g/mol. The van der Waals surface area contributed by atoms with Gasteiger partial charge in [-0.2, -0.15) is 29.9 Å². The van der Waals surface area contributed by atoms with Crippen LogP contribution >= 0.6 is 11.8 Å². The number of pyridine rings is 1. The van der Waals surface area contributed by atoms with Gasteiger partial charge in [-0.15, -0.1) is 11.8 Å². The van der Waals surface area contributed by atoms with E-state index in [9.17, 15) is 26.4 Å². The quantitative estimate of drug-likeness (QED) is 0.416. The maximum Gasteiger partial charge on any atom is 1.00 e. The molecule has 44 heavy (non-hydrogen) atoms. The third-order valence-electron chi connectivity index (χ3n) is 5.83. The molecule has 1 amide bonds. The number of sulfone groups is 1. The number of fused-ring (bicyclic) bond motifs is 1. The smallest absolute Gasteiger partial charge is 0.857 e. The number of piperazine rings is 1. The van der Waals surface area contributed by atoms with Crippen molar-refractivity contribution < 1.29 is 97.2 Å². The molecule has 2 aliphatic heterocycles. The number of hydrogen-bond acceptors (Lipinski definition) is 10. The standard InChI is InChI=1S/C22H24F3N3O4S2.2C2H6.CO2.CH3O.K/c1-14(22(23,24)25)32-18-4-3-16(34(2,30)31)12-17(18)21(29)28-8-6-27(7-9-28)20-11-15-5-10-33-19(15)13-26-20;2*1-2;2-1-3;1-2;/h3-4,11-14H,5-10H2,1-2H3;2*1-2H3;;1H3;/q;;;;-1;+1/t14-;;;;;/m0...../s1. The molecule has 2 aliphatic rings. The number of benzene rings is 1. The Morgan fingerprint density at radius 3 is 2.11 bits per heavy atom. The van der Waals surface area contributed by atoms with E-state index in [1.165, 1.54) is 15.4 Å². The van der Waals surface area contributed by atoms with E-state index in [4.69, 9.17) is 19.4 Å². The van der Waals surface area contributed by atoms with Crippen LogP contribution in [-0.2, 0) is 25.8 Å². The molecule has 0 unspecified atom stereocenters. The van der Waals surface area contributed by atoms with Gasteiger partial charge >= 0.3 is 63.7 Å². The van der Waals surface area contributed by atoms with Gasteiger partial charge in [0.25, 0.3) is 5.91 Å². The first-order chi connectivity index (χ1) is 20.3. The topological polar surface area (TPSA) is 137 Å². The van der Waals surface area contributed by atoms with Crippen LogP contribution in [0.4, 0.5) is 19.0 Å². The SMILES string of the molecule is CC.CC.C[C@H](Oc1ccc(S(C)(=O)=O)cc1C(=O)N1CCN(c2cc3c(cn2)SCC3)CC1)C(F)(F)F.C[O-].O=C=O.[K+]. The summed E-state index contributed by atoms with van der Waals surface area (Å²) in [5.41, 5.74) is 1.05. The van der Waals surface area contributed by atoms with E-state index in [1.807, 2.05) is 33.9 Å². The molecule has 1 aromatic heterocycles. The Balaban J connectivity index is 0. The summed E-state index contributed by atoms with van der Waals surface area (Å²) in [6.45, 7) is 10.4. The summed E-state index contributed by atoms with van der Waals surface area (Å²) in [6.07, 6.45) is -2.73. The van der Waals surface area contributed by atoms with Gasteiger partial charge < -0.3 is 19.6 Å². The summed E-state index contributed by atoms with van der Waals surface area (Å²) < 4.78 is 68.2. The van der Waals surface area contributed by atoms with Crippen molar-refractivity contribution in [3.05, 3.63) is 41.6 Å². The maximum atomic E-state index is 13.3. The van der Waals surface area contributed by atoms with E-state index < -0.39 is 28.0 Å². The van der Waals surface area contributed by atoms with Crippen molar-refractivity contribution in [1.29, 1.82) is 0 Å². The minimum Gasteiger partial charge on any atom is -0.857 e. The molecule has 16 heteroatoms. The number of thioether (sulfide) groups is 1. The Hall–Kier alpha value is -1.49. The fourth-order valence-corrected chi connectivity index (χ4v) is 5.48. The van der Waals surface area contributed by atoms with Crippen molar-refractivity contribution in [2.24, 2.45) is 0 Å². The van der Waals surface area contributed by atoms with E-state index in [0.717, 1.165) is 56.5 Å². The second-order valence-electron chi connectivity index (χ2n) is 8.34. The summed E-state index contributed by atoms with van der Waals surface area (Å²) in [7, 11) is -2.93. The van der Waals surface area contributed by atoms with Crippen LogP contribution in [0.15, 0.2) is 40.3 Å². The Morgan fingerprint density at radius 2 is 1.61 bits per heavy atom. The van der Waals surface area contributed by atoms with Gasteiger partial charge in [0.15, 0.2) is 15.9 Å². The zero-order valence-corrected chi connectivity index (χ0v) is 31.1. The third-order valence-corrected chi connectivity index (χ3v) is 8.03. The number of carbonyl (C=O) groups excluding carboxylic acids is 3. The second kappa shape index (κ2) is 22.1. The summed E-state index contributed by atoms with van der Waals surface area (Å²) >= 11 is 1.78. The van der Waals surface area contributed by atoms with Crippen LogP contribution in [0.2, 0.25) is 0 Å². The van der Waals surface area contributed by atoms with Gasteiger partial charge in [0.2, 0.25) is 0 Å². The van der Waals surface area contributed by atoms with E-state index in [0.29, 0.717) is 26.2 Å². The summed E-state index contributed by atoms with van der Waals surface area (Å²) in [5.74, 6) is 0.984. The average Bonchev–Trinajstić information content (AvgIpc) is 3.48. The molecule has 1 aromatic carbocycles. The van der Waals surface area contributed by atoms with E-state index >= 15 is 0 Å². The van der Waals surface area contributed by atoms with E-state index in [-0.39, 0.29) is 73.7 Å². The minimum atomic E-state index is -4.64. The van der Waals surface area contributed by atoms with Crippen LogP contribution in [0.5, 0.6) is 5.75 Å². The van der Waals surface area contributed by atoms with Crippen molar-refractivity contribution in [1.82, 2.24) is 9.88 Å². The number of carbonyl (C=O) groups is 1. The van der Waals surface area contributed by atoms with Crippen molar-refractivity contribution in [3.63, 3.8) is 0 Å². The molecule has 3 heterocycles. The summed E-state index contributed by atoms with van der Waals surface area (Å²) in [4.78, 5) is 38.6. The fourth-order valence-electron chi connectivity index (χ4n) is 3.82. The number of anilines is 1. The van der Waals surface area contributed by atoms with Crippen molar-refractivity contribution in [2.75, 3.05) is 50.2 Å². The maximum absolute atomic E-state index is 13.3. The second-order valence-corrected chi connectivity index (χ2v) is 11.5. The zero-order chi connectivity index (χ0) is 33.4. The molecule has 1 atom stereocenters. The summed E-state index contributed by atoms with van der Waals surface area (Å²) in [6, 6.07) is 5.39. The molecule has 2 aromatic rings. The average molecular weight is 690 g/mol. The number of aromatic nitrogens is 1. The summed E-state index contributed by atoms with van der Waals surface area (Å²) in [5, 5.41) is 8.25. The van der Waals surface area contributed by atoms with Gasteiger partial charge in [0.1, 0.15) is 11.6 Å². The molecule has 242 valence electrons. The van der Waals surface area contributed by atoms with Gasteiger partial charge in [-0.1, -0.05) is 27.7 Å². The Morgan fingerprint density at radius 1 is 1.07 bits per heavy atom. The predicted octanol–water partition coefficient (Wildman–Crippen LogP) is 0.875. The van der Waals surface area contributed by atoms with E-state index in [2.05, 4.69) is 16.0 Å². The normalized spacial score (nSPS) is 14.1. The van der Waals surface area contributed by atoms with Gasteiger partial charge in [-0.05, 0) is 43.2 Å². The molecule has 0 saturated carbocycles. The first-order valence-electron chi connectivity index (χ1n) is 13.5. The van der Waals surface area contributed by atoms with Gasteiger partial charge in [-0.25, -0.2) is 13.4 Å². The predicted molar refractivity (Wildman–Crippen MR) is 156 cm³/mol. The minimum absolute atomic E-state index is 0. The van der Waals surface area contributed by atoms with Crippen LogP contribution < -0.4 is 66.1 Å². The third kappa shape index (κ3) is 13.5. The van der Waals surface area contributed by atoms with Gasteiger partial charge in [-0.3, -0.25) is 4.79 Å². The van der Waals surface area contributed by atoms with Crippen molar-refractivity contribution >= 4 is 39.5 Å². The van der Waals surface area contributed by atoms with Crippen LogP contribution in [0.25, 0.3) is 0 Å². The number of alkyl halides is 3. The fraction of sp³-hybridized carbons (Fsp3) is 0.536. The Bertz CT molecular complexity index is 1300. The molecule has 0 radical (unpaired) electrons. The molecule has 10 nitrogen and oxygen atoms in total. The molecule has 0 spiro atoms. The number of nitrogens with zero attached hydrogens (tertiary/aromatic N) is 3. The number of aryl methyl sites for hydroxylation is 1. The van der Waals surface area contributed by atoms with Crippen molar-refractivity contribution in [2.45, 2.75) is 63.1 Å². The van der Waals surface area contributed by atoms with Crippen LogP contribution in [0.3, 0.4) is 0 Å². The Labute approximate surface area is 304 Å². The molecular formula is C28H39F3KN3O7S2. The molecule has 4 rings (SSSR count). The molecule has 0 aliphatic carbocycles. The van der Waals surface area contributed by atoms with E-state index in [1.54, 1.807) is 11.8 Å². The largest absolute Gasteiger partial charge is 1.00 e. The number of ether oxygens (including phenoxy) is 1. The van der Waals surface area contributed by atoms with Crippen LogP contribution in [-0.4, -0.2) is 87.9 Å². The first kappa shape index (κ1) is 44.6. The Kier molecular flexibility index (Phi) is 22.4. The molecule has 1 fully saturated rings. The van der Waals surface area contributed by atoms with Gasteiger partial charge in [0, 0.05) is 49.3 Å². The number of amides is 1.